The molecule has 2 heterocycles. The first-order valence-electron chi connectivity index (χ1n) is 8.06. The number of hydrogen-bond acceptors (Lipinski definition) is 3. The smallest absolute Gasteiger partial charge is 0.263 e. The summed E-state index contributed by atoms with van der Waals surface area (Å²) in [4.78, 5) is 14.4. The first-order chi connectivity index (χ1) is 10.6. The molecule has 2 aliphatic rings. The Morgan fingerprint density at radius 2 is 1.87 bits per heavy atom. The minimum absolute atomic E-state index is 0. The number of hydrogen-bond donors (Lipinski definition) is 1. The van der Waals surface area contributed by atoms with Crippen molar-refractivity contribution in [3.8, 4) is 5.75 Å². The molecule has 6 heteroatoms. The zero-order valence-electron chi connectivity index (χ0n) is 13.3. The molecule has 128 valence electrons. The van der Waals surface area contributed by atoms with Crippen LogP contribution < -0.4 is 10.1 Å². The lowest BCUT2D eigenvalue weighted by Crippen LogP contribution is -2.41. The summed E-state index contributed by atoms with van der Waals surface area (Å²) in [6.07, 6.45) is 1.42. The molecule has 23 heavy (non-hydrogen) atoms. The van der Waals surface area contributed by atoms with Crippen LogP contribution in [0.1, 0.15) is 19.8 Å². The third kappa shape index (κ3) is 4.15. The molecular weight excluding hydrogens is 319 g/mol. The molecular formula is C17H24ClFN2O2. The highest BCUT2D eigenvalue weighted by molar-refractivity contribution is 5.85. The van der Waals surface area contributed by atoms with Crippen LogP contribution in [0.5, 0.6) is 5.75 Å². The van der Waals surface area contributed by atoms with Gasteiger partial charge in [-0.15, -0.1) is 12.4 Å². The minimum atomic E-state index is -0.659. The van der Waals surface area contributed by atoms with E-state index in [2.05, 4.69) is 5.32 Å². The summed E-state index contributed by atoms with van der Waals surface area (Å²) in [5.74, 6) is 1.02. The van der Waals surface area contributed by atoms with Crippen LogP contribution in [-0.4, -0.2) is 43.1 Å². The number of likely N-dealkylation sites (tertiary alicyclic amines) is 1. The van der Waals surface area contributed by atoms with Gasteiger partial charge in [-0.05, 0) is 56.8 Å². The van der Waals surface area contributed by atoms with Gasteiger partial charge >= 0.3 is 0 Å². The molecule has 2 aliphatic heterocycles. The number of ether oxygens (including phenoxy) is 1. The van der Waals surface area contributed by atoms with Crippen molar-refractivity contribution in [3.63, 3.8) is 0 Å². The Morgan fingerprint density at radius 1 is 1.26 bits per heavy atom. The average Bonchev–Trinajstić information content (AvgIpc) is 2.87. The molecule has 2 fully saturated rings. The van der Waals surface area contributed by atoms with Gasteiger partial charge in [-0.2, -0.15) is 0 Å². The lowest BCUT2D eigenvalue weighted by Gasteiger charge is -2.25. The van der Waals surface area contributed by atoms with Crippen LogP contribution in [-0.2, 0) is 4.79 Å². The molecule has 1 aromatic carbocycles. The van der Waals surface area contributed by atoms with Crippen molar-refractivity contribution in [3.05, 3.63) is 30.1 Å². The Bertz CT molecular complexity index is 529. The van der Waals surface area contributed by atoms with Crippen LogP contribution in [0, 0.1) is 17.7 Å². The van der Waals surface area contributed by atoms with Crippen LogP contribution >= 0.6 is 12.4 Å². The number of nitrogens with one attached hydrogen (secondary N) is 1. The van der Waals surface area contributed by atoms with Crippen molar-refractivity contribution in [2.24, 2.45) is 11.8 Å². The van der Waals surface area contributed by atoms with Gasteiger partial charge in [0.15, 0.2) is 17.7 Å². The third-order valence-electron chi connectivity index (χ3n) is 4.82. The van der Waals surface area contributed by atoms with Crippen molar-refractivity contribution in [2.45, 2.75) is 25.9 Å². The zero-order chi connectivity index (χ0) is 15.5. The van der Waals surface area contributed by atoms with Gasteiger partial charge in [0.05, 0.1) is 0 Å². The number of carbonyl (C=O) groups is 1. The summed E-state index contributed by atoms with van der Waals surface area (Å²) < 4.78 is 19.1. The molecule has 0 aliphatic carbocycles. The third-order valence-corrected chi connectivity index (χ3v) is 4.82. The van der Waals surface area contributed by atoms with Crippen molar-refractivity contribution in [1.82, 2.24) is 10.2 Å². The molecule has 2 saturated heterocycles. The highest BCUT2D eigenvalue weighted by Gasteiger charge is 2.33. The monoisotopic (exact) mass is 342 g/mol. The molecule has 1 aromatic rings. The van der Waals surface area contributed by atoms with Crippen molar-refractivity contribution in [1.29, 1.82) is 0 Å². The lowest BCUT2D eigenvalue weighted by atomic mass is 9.92. The van der Waals surface area contributed by atoms with Crippen LogP contribution in [0.2, 0.25) is 0 Å². The summed E-state index contributed by atoms with van der Waals surface area (Å²) in [6, 6.07) is 6.20. The summed E-state index contributed by atoms with van der Waals surface area (Å²) >= 11 is 0. The largest absolute Gasteiger partial charge is 0.478 e. The predicted molar refractivity (Wildman–Crippen MR) is 89.4 cm³/mol. The van der Waals surface area contributed by atoms with Crippen LogP contribution in [0.3, 0.4) is 0 Å². The van der Waals surface area contributed by atoms with E-state index in [4.69, 9.17) is 4.74 Å². The maximum atomic E-state index is 13.6. The molecule has 0 aromatic heterocycles. The Morgan fingerprint density at radius 3 is 2.48 bits per heavy atom. The van der Waals surface area contributed by atoms with E-state index >= 15 is 0 Å². The summed E-state index contributed by atoms with van der Waals surface area (Å²) in [7, 11) is 0. The second-order valence-electron chi connectivity index (χ2n) is 6.27. The van der Waals surface area contributed by atoms with Crippen molar-refractivity contribution >= 4 is 18.3 Å². The quantitative estimate of drug-likeness (QED) is 0.917. The van der Waals surface area contributed by atoms with E-state index in [9.17, 15) is 9.18 Å². The van der Waals surface area contributed by atoms with Crippen LogP contribution in [0.4, 0.5) is 4.39 Å². The first kappa shape index (κ1) is 18.0. The molecule has 1 unspecified atom stereocenters. The highest BCUT2D eigenvalue weighted by Crippen LogP contribution is 2.27. The summed E-state index contributed by atoms with van der Waals surface area (Å²) in [5.41, 5.74) is 0. The molecule has 3 atom stereocenters. The Kier molecular flexibility index (Phi) is 6.25. The van der Waals surface area contributed by atoms with E-state index in [-0.39, 0.29) is 24.1 Å². The van der Waals surface area contributed by atoms with E-state index in [1.165, 1.54) is 6.07 Å². The molecule has 1 N–H and O–H groups in total. The Hall–Kier alpha value is -1.33. The molecule has 0 saturated carbocycles. The number of benzene rings is 1. The maximum Gasteiger partial charge on any atom is 0.263 e. The molecule has 1 amide bonds. The number of amides is 1. The first-order valence-corrected chi connectivity index (χ1v) is 8.06. The van der Waals surface area contributed by atoms with Gasteiger partial charge in [-0.1, -0.05) is 12.1 Å². The topological polar surface area (TPSA) is 41.6 Å². The molecule has 3 rings (SSSR count). The van der Waals surface area contributed by atoms with Gasteiger partial charge in [0.2, 0.25) is 0 Å². The van der Waals surface area contributed by atoms with Gasteiger partial charge in [0.1, 0.15) is 0 Å². The number of halogens is 2. The standard InChI is InChI=1S/C17H23FN2O2.ClH/c1-12(22-16-5-3-2-4-15(16)18)17(21)20-8-6-13-10-19-11-14(13)7-9-20;/h2-5,12-14,19H,6-11H2,1H3;1H/t12?,13-,14+;. The molecule has 0 radical (unpaired) electrons. The number of rotatable bonds is 3. The van der Waals surface area contributed by atoms with Crippen LogP contribution in [0.15, 0.2) is 24.3 Å². The predicted octanol–water partition coefficient (Wildman–Crippen LogP) is 2.47. The van der Waals surface area contributed by atoms with Gasteiger partial charge < -0.3 is 15.0 Å². The minimum Gasteiger partial charge on any atom is -0.478 e. The Labute approximate surface area is 142 Å². The van der Waals surface area contributed by atoms with Gasteiger partial charge in [-0.3, -0.25) is 4.79 Å². The second kappa shape index (κ2) is 7.97. The molecule has 0 spiro atoms. The highest BCUT2D eigenvalue weighted by atomic mass is 35.5. The van der Waals surface area contributed by atoms with E-state index in [1.807, 2.05) is 4.90 Å². The van der Waals surface area contributed by atoms with E-state index < -0.39 is 11.9 Å². The van der Waals surface area contributed by atoms with Crippen molar-refractivity contribution < 1.29 is 13.9 Å². The lowest BCUT2D eigenvalue weighted by molar-refractivity contribution is -0.138. The fourth-order valence-corrected chi connectivity index (χ4v) is 3.48. The van der Waals surface area contributed by atoms with Crippen molar-refractivity contribution in [2.75, 3.05) is 26.2 Å². The number of fused-ring (bicyclic) bond motifs is 1. The van der Waals surface area contributed by atoms with Gasteiger partial charge in [0.25, 0.3) is 5.91 Å². The number of nitrogens with zero attached hydrogens (tertiary/aromatic N) is 1. The number of carbonyl (C=O) groups excluding carboxylic acids is 1. The van der Waals surface area contributed by atoms with Crippen LogP contribution in [0.25, 0.3) is 0 Å². The van der Waals surface area contributed by atoms with Gasteiger partial charge in [-0.25, -0.2) is 4.39 Å². The fraction of sp³-hybridized carbons (Fsp3) is 0.588. The van der Waals surface area contributed by atoms with E-state index in [1.54, 1.807) is 25.1 Å². The number of para-hydroxylation sites is 1. The van der Waals surface area contributed by atoms with E-state index in [0.717, 1.165) is 39.0 Å². The second-order valence-corrected chi connectivity index (χ2v) is 6.27. The fourth-order valence-electron chi connectivity index (χ4n) is 3.48. The normalized spacial score (nSPS) is 25.0. The SMILES string of the molecule is CC(Oc1ccccc1F)C(=O)N1CC[C@@H]2CNC[C@@H]2CC1.Cl. The Balaban J connectivity index is 0.00000192. The maximum absolute atomic E-state index is 13.6. The van der Waals surface area contributed by atoms with Gasteiger partial charge in [0, 0.05) is 13.1 Å². The summed E-state index contributed by atoms with van der Waals surface area (Å²) in [5, 5.41) is 3.43. The zero-order valence-corrected chi connectivity index (χ0v) is 14.2. The molecule has 4 nitrogen and oxygen atoms in total. The van der Waals surface area contributed by atoms with E-state index in [0.29, 0.717) is 11.8 Å². The summed E-state index contributed by atoms with van der Waals surface area (Å²) in [6.45, 7) is 5.36. The average molecular weight is 343 g/mol. The molecule has 0 bridgehead atoms.